The standard InChI is InChI=1S/C25H19NO4/c1-17(27)30-23-7-4-6-20(15-23)25(28)19-10-13-22(14-11-19)29-16-21-12-9-18-5-2-3-8-24(18)26-21/h2-15H,16H2,1H3. The number of carbonyl (C=O) groups excluding carboxylic acids is 2. The first-order valence-electron chi connectivity index (χ1n) is 9.49. The number of para-hydroxylation sites is 1. The van der Waals surface area contributed by atoms with Crippen LogP contribution in [0.25, 0.3) is 10.9 Å². The van der Waals surface area contributed by atoms with Crippen LogP contribution in [-0.2, 0) is 11.4 Å². The van der Waals surface area contributed by atoms with Crippen molar-refractivity contribution in [3.63, 3.8) is 0 Å². The van der Waals surface area contributed by atoms with Crippen LogP contribution in [0, 0.1) is 0 Å². The lowest BCUT2D eigenvalue weighted by molar-refractivity contribution is -0.131. The quantitative estimate of drug-likeness (QED) is 0.261. The van der Waals surface area contributed by atoms with Gasteiger partial charge in [0.1, 0.15) is 18.1 Å². The molecule has 0 bridgehead atoms. The molecule has 0 fully saturated rings. The molecule has 0 spiro atoms. The third kappa shape index (κ3) is 4.52. The van der Waals surface area contributed by atoms with Crippen LogP contribution in [0.4, 0.5) is 0 Å². The Hall–Kier alpha value is -3.99. The molecule has 0 aliphatic heterocycles. The van der Waals surface area contributed by atoms with Crippen LogP contribution in [0.3, 0.4) is 0 Å². The molecule has 30 heavy (non-hydrogen) atoms. The van der Waals surface area contributed by atoms with Gasteiger partial charge in [-0.25, -0.2) is 4.98 Å². The number of aromatic nitrogens is 1. The van der Waals surface area contributed by atoms with Gasteiger partial charge in [0, 0.05) is 23.4 Å². The predicted molar refractivity (Wildman–Crippen MR) is 114 cm³/mol. The molecule has 4 aromatic rings. The Morgan fingerprint density at radius 1 is 0.800 bits per heavy atom. The van der Waals surface area contributed by atoms with Gasteiger partial charge in [-0.2, -0.15) is 0 Å². The first-order valence-corrected chi connectivity index (χ1v) is 9.49. The van der Waals surface area contributed by atoms with Crippen LogP contribution in [0.5, 0.6) is 11.5 Å². The molecule has 0 atom stereocenters. The molecule has 148 valence electrons. The van der Waals surface area contributed by atoms with E-state index in [0.717, 1.165) is 16.6 Å². The van der Waals surface area contributed by atoms with Crippen molar-refractivity contribution in [3.8, 4) is 11.5 Å². The molecule has 0 radical (unpaired) electrons. The minimum atomic E-state index is -0.429. The molecule has 0 aliphatic carbocycles. The maximum Gasteiger partial charge on any atom is 0.308 e. The van der Waals surface area contributed by atoms with E-state index in [9.17, 15) is 9.59 Å². The normalized spacial score (nSPS) is 10.6. The molecule has 1 heterocycles. The third-order valence-corrected chi connectivity index (χ3v) is 4.52. The molecule has 0 saturated heterocycles. The fourth-order valence-electron chi connectivity index (χ4n) is 3.08. The summed E-state index contributed by atoms with van der Waals surface area (Å²) in [6, 6.07) is 25.4. The van der Waals surface area contributed by atoms with E-state index < -0.39 is 5.97 Å². The number of fused-ring (bicyclic) bond motifs is 1. The highest BCUT2D eigenvalue weighted by Gasteiger charge is 2.11. The van der Waals surface area contributed by atoms with Gasteiger partial charge in [0.25, 0.3) is 0 Å². The molecule has 0 unspecified atom stereocenters. The number of hydrogen-bond donors (Lipinski definition) is 0. The van der Waals surface area contributed by atoms with Crippen molar-refractivity contribution in [1.82, 2.24) is 4.98 Å². The first kappa shape index (κ1) is 19.3. The second-order valence-corrected chi connectivity index (χ2v) is 6.76. The zero-order chi connectivity index (χ0) is 20.9. The van der Waals surface area contributed by atoms with Crippen molar-refractivity contribution in [1.29, 1.82) is 0 Å². The zero-order valence-electron chi connectivity index (χ0n) is 16.4. The van der Waals surface area contributed by atoms with E-state index >= 15 is 0 Å². The summed E-state index contributed by atoms with van der Waals surface area (Å²) in [6.45, 7) is 1.66. The van der Waals surface area contributed by atoms with Crippen molar-refractivity contribution in [2.24, 2.45) is 0 Å². The third-order valence-electron chi connectivity index (χ3n) is 4.52. The fraction of sp³-hybridized carbons (Fsp3) is 0.0800. The molecular weight excluding hydrogens is 378 g/mol. The van der Waals surface area contributed by atoms with Crippen molar-refractivity contribution in [3.05, 3.63) is 102 Å². The number of esters is 1. The highest BCUT2D eigenvalue weighted by molar-refractivity contribution is 6.09. The molecule has 3 aromatic carbocycles. The average Bonchev–Trinajstić information content (AvgIpc) is 2.77. The summed E-state index contributed by atoms with van der Waals surface area (Å²) in [5.41, 5.74) is 2.72. The van der Waals surface area contributed by atoms with Crippen LogP contribution >= 0.6 is 0 Å². The summed E-state index contributed by atoms with van der Waals surface area (Å²) in [5.74, 6) is 0.403. The predicted octanol–water partition coefficient (Wildman–Crippen LogP) is 4.97. The first-order chi connectivity index (χ1) is 14.6. The minimum absolute atomic E-state index is 0.160. The number of carbonyl (C=O) groups is 2. The number of hydrogen-bond acceptors (Lipinski definition) is 5. The van der Waals surface area contributed by atoms with E-state index in [-0.39, 0.29) is 5.78 Å². The van der Waals surface area contributed by atoms with E-state index in [1.807, 2.05) is 36.4 Å². The summed E-state index contributed by atoms with van der Waals surface area (Å²) < 4.78 is 10.9. The van der Waals surface area contributed by atoms with Gasteiger partial charge in [0.2, 0.25) is 0 Å². The van der Waals surface area contributed by atoms with E-state index in [2.05, 4.69) is 4.98 Å². The number of ether oxygens (including phenoxy) is 2. The smallest absolute Gasteiger partial charge is 0.308 e. The van der Waals surface area contributed by atoms with Crippen molar-refractivity contribution < 1.29 is 19.1 Å². The number of ketones is 1. The van der Waals surface area contributed by atoms with Gasteiger partial charge in [-0.1, -0.05) is 36.4 Å². The van der Waals surface area contributed by atoms with Gasteiger partial charge < -0.3 is 9.47 Å². The van der Waals surface area contributed by atoms with Crippen LogP contribution in [0.1, 0.15) is 28.5 Å². The Morgan fingerprint density at radius 2 is 1.60 bits per heavy atom. The second-order valence-electron chi connectivity index (χ2n) is 6.76. The number of rotatable bonds is 6. The summed E-state index contributed by atoms with van der Waals surface area (Å²) in [7, 11) is 0. The minimum Gasteiger partial charge on any atom is -0.487 e. The van der Waals surface area contributed by atoms with Gasteiger partial charge in [-0.05, 0) is 48.5 Å². The highest BCUT2D eigenvalue weighted by Crippen LogP contribution is 2.20. The molecule has 5 heteroatoms. The van der Waals surface area contributed by atoms with Gasteiger partial charge >= 0.3 is 5.97 Å². The SMILES string of the molecule is CC(=O)Oc1cccc(C(=O)c2ccc(OCc3ccc4ccccc4n3)cc2)c1. The maximum absolute atomic E-state index is 12.7. The lowest BCUT2D eigenvalue weighted by Gasteiger charge is -2.08. The van der Waals surface area contributed by atoms with Crippen molar-refractivity contribution >= 4 is 22.7 Å². The lowest BCUT2D eigenvalue weighted by atomic mass is 10.0. The van der Waals surface area contributed by atoms with E-state index in [0.29, 0.717) is 29.2 Å². The van der Waals surface area contributed by atoms with Crippen LogP contribution in [0.15, 0.2) is 84.9 Å². The molecule has 0 aliphatic rings. The second kappa shape index (κ2) is 8.57. The molecule has 5 nitrogen and oxygen atoms in total. The van der Waals surface area contributed by atoms with Gasteiger partial charge in [0.05, 0.1) is 11.2 Å². The molecular formula is C25H19NO4. The van der Waals surface area contributed by atoms with Crippen LogP contribution in [0.2, 0.25) is 0 Å². The summed E-state index contributed by atoms with van der Waals surface area (Å²) in [6.07, 6.45) is 0. The Kier molecular flexibility index (Phi) is 5.52. The van der Waals surface area contributed by atoms with E-state index in [1.54, 1.807) is 48.5 Å². The highest BCUT2D eigenvalue weighted by atomic mass is 16.5. The summed E-state index contributed by atoms with van der Waals surface area (Å²) in [4.78, 5) is 28.4. The summed E-state index contributed by atoms with van der Waals surface area (Å²) in [5, 5.41) is 1.09. The maximum atomic E-state index is 12.7. The Bertz CT molecular complexity index is 1220. The Morgan fingerprint density at radius 3 is 2.40 bits per heavy atom. The lowest BCUT2D eigenvalue weighted by Crippen LogP contribution is -2.05. The van der Waals surface area contributed by atoms with Gasteiger partial charge in [-0.15, -0.1) is 0 Å². The zero-order valence-corrected chi connectivity index (χ0v) is 16.4. The molecule has 4 rings (SSSR count). The summed E-state index contributed by atoms with van der Waals surface area (Å²) >= 11 is 0. The van der Waals surface area contributed by atoms with Gasteiger partial charge in [-0.3, -0.25) is 9.59 Å². The topological polar surface area (TPSA) is 65.5 Å². The molecule has 1 aromatic heterocycles. The average molecular weight is 397 g/mol. The van der Waals surface area contributed by atoms with Gasteiger partial charge in [0.15, 0.2) is 5.78 Å². The van der Waals surface area contributed by atoms with Crippen LogP contribution in [-0.4, -0.2) is 16.7 Å². The van der Waals surface area contributed by atoms with Crippen molar-refractivity contribution in [2.45, 2.75) is 13.5 Å². The van der Waals surface area contributed by atoms with E-state index in [1.165, 1.54) is 6.92 Å². The van der Waals surface area contributed by atoms with Crippen molar-refractivity contribution in [2.75, 3.05) is 0 Å². The Labute approximate surface area is 173 Å². The fourth-order valence-corrected chi connectivity index (χ4v) is 3.08. The largest absolute Gasteiger partial charge is 0.487 e. The number of benzene rings is 3. The Balaban J connectivity index is 1.43. The molecule has 0 saturated carbocycles. The van der Waals surface area contributed by atoms with Crippen LogP contribution < -0.4 is 9.47 Å². The monoisotopic (exact) mass is 397 g/mol. The molecule has 0 amide bonds. The van der Waals surface area contributed by atoms with E-state index in [4.69, 9.17) is 9.47 Å². The molecule has 0 N–H and O–H groups in total. The number of nitrogens with zero attached hydrogens (tertiary/aromatic N) is 1. The number of pyridine rings is 1.